The molecular formula is C48H89NO8P+. The number of carbonyl (C=O) groups excluding carboxylic acids is 2. The molecule has 0 aromatic carbocycles. The van der Waals surface area contributed by atoms with Gasteiger partial charge in [-0.3, -0.25) is 18.6 Å². The molecule has 0 bridgehead atoms. The van der Waals surface area contributed by atoms with Crippen molar-refractivity contribution >= 4 is 19.8 Å². The molecule has 0 saturated heterocycles. The molecule has 338 valence electrons. The second-order valence-corrected chi connectivity index (χ2v) is 18.3. The van der Waals surface area contributed by atoms with Crippen molar-refractivity contribution in [2.45, 2.75) is 200 Å². The number of phosphoric ester groups is 1. The third-order valence-electron chi connectivity index (χ3n) is 9.90. The van der Waals surface area contributed by atoms with E-state index in [0.717, 1.165) is 64.2 Å². The summed E-state index contributed by atoms with van der Waals surface area (Å²) < 4.78 is 34.3. The molecule has 0 aliphatic carbocycles. The van der Waals surface area contributed by atoms with Crippen LogP contribution in [0.1, 0.15) is 194 Å². The fraction of sp³-hybridized carbons (Fsp3) is 0.792. The highest BCUT2D eigenvalue weighted by Crippen LogP contribution is 2.43. The van der Waals surface area contributed by atoms with E-state index < -0.39 is 26.5 Å². The van der Waals surface area contributed by atoms with Crippen molar-refractivity contribution in [1.82, 2.24) is 0 Å². The average molecular weight is 839 g/mol. The molecular weight excluding hydrogens is 750 g/mol. The number of esters is 2. The van der Waals surface area contributed by atoms with Crippen LogP contribution in [0.4, 0.5) is 0 Å². The summed E-state index contributed by atoms with van der Waals surface area (Å²) in [7, 11) is 1.46. The molecule has 1 N–H and O–H groups in total. The second-order valence-electron chi connectivity index (χ2n) is 16.8. The van der Waals surface area contributed by atoms with E-state index in [0.29, 0.717) is 17.4 Å². The van der Waals surface area contributed by atoms with Gasteiger partial charge in [-0.1, -0.05) is 172 Å². The summed E-state index contributed by atoms with van der Waals surface area (Å²) in [6, 6.07) is 0. The Morgan fingerprint density at radius 1 is 0.552 bits per heavy atom. The van der Waals surface area contributed by atoms with Crippen LogP contribution in [-0.2, 0) is 32.7 Å². The van der Waals surface area contributed by atoms with E-state index in [1.165, 1.54) is 96.3 Å². The minimum absolute atomic E-state index is 0.0253. The van der Waals surface area contributed by atoms with Gasteiger partial charge in [0.2, 0.25) is 0 Å². The molecule has 0 radical (unpaired) electrons. The summed E-state index contributed by atoms with van der Waals surface area (Å²) in [5.41, 5.74) is 0. The minimum Gasteiger partial charge on any atom is -0.462 e. The summed E-state index contributed by atoms with van der Waals surface area (Å²) in [4.78, 5) is 35.4. The maximum Gasteiger partial charge on any atom is 0.472 e. The molecule has 0 aromatic rings. The fourth-order valence-corrected chi connectivity index (χ4v) is 6.99. The topological polar surface area (TPSA) is 108 Å². The van der Waals surface area contributed by atoms with E-state index in [4.69, 9.17) is 18.5 Å². The van der Waals surface area contributed by atoms with Gasteiger partial charge in [0, 0.05) is 12.8 Å². The van der Waals surface area contributed by atoms with Crippen molar-refractivity contribution in [2.24, 2.45) is 0 Å². The SMILES string of the molecule is CC/C=C/C=C/C=C/CCCCCCCC(=O)OC(COC(=O)CCCCCCCCC/C=C/CCCCCCCCCCCC)COP(=O)(O)OCC[N+](C)(C)C. The van der Waals surface area contributed by atoms with Crippen molar-refractivity contribution in [3.8, 4) is 0 Å². The molecule has 2 atom stereocenters. The number of nitrogens with zero attached hydrogens (tertiary/aromatic N) is 1. The van der Waals surface area contributed by atoms with Crippen molar-refractivity contribution in [3.05, 3.63) is 48.6 Å². The number of hydrogen-bond donors (Lipinski definition) is 1. The highest BCUT2D eigenvalue weighted by atomic mass is 31.2. The maximum atomic E-state index is 12.7. The van der Waals surface area contributed by atoms with Crippen LogP contribution in [-0.4, -0.2) is 74.9 Å². The van der Waals surface area contributed by atoms with E-state index in [1.54, 1.807) is 0 Å². The van der Waals surface area contributed by atoms with Crippen LogP contribution in [0.15, 0.2) is 48.6 Å². The van der Waals surface area contributed by atoms with Gasteiger partial charge in [0.1, 0.15) is 19.8 Å². The third-order valence-corrected chi connectivity index (χ3v) is 10.9. The number of phosphoric acid groups is 1. The van der Waals surface area contributed by atoms with Crippen molar-refractivity contribution in [2.75, 3.05) is 47.5 Å². The Balaban J connectivity index is 4.28. The Morgan fingerprint density at radius 3 is 1.50 bits per heavy atom. The number of likely N-dealkylation sites (N-methyl/N-ethyl adjacent to an activating group) is 1. The average Bonchev–Trinajstić information content (AvgIpc) is 3.17. The summed E-state index contributed by atoms with van der Waals surface area (Å²) in [5.74, 6) is -0.827. The Hall–Kier alpha value is -2.03. The van der Waals surface area contributed by atoms with Gasteiger partial charge in [0.05, 0.1) is 27.7 Å². The fourth-order valence-electron chi connectivity index (χ4n) is 6.24. The molecule has 2 unspecified atom stereocenters. The molecule has 0 fully saturated rings. The number of carbonyl (C=O) groups is 2. The van der Waals surface area contributed by atoms with Crippen LogP contribution in [0.3, 0.4) is 0 Å². The largest absolute Gasteiger partial charge is 0.472 e. The lowest BCUT2D eigenvalue weighted by atomic mass is 10.1. The number of rotatable bonds is 42. The lowest BCUT2D eigenvalue weighted by Gasteiger charge is -2.24. The monoisotopic (exact) mass is 839 g/mol. The standard InChI is InChI=1S/C48H88NO8P/c1-6-8-10-12-14-16-18-20-21-22-23-24-25-26-27-29-30-32-34-36-38-40-47(50)54-44-46(45-56-58(52,53)55-43-42-49(3,4)5)57-48(51)41-39-37-35-33-31-28-19-17-15-13-11-9-7-2/h9,11,13,15,17,19,24-25,46H,6-8,10,12,14,16,18,20-23,26-45H2,1-5H3/p+1/b11-9+,15-13+,19-17+,25-24+. The van der Waals surface area contributed by atoms with Gasteiger partial charge in [-0.15, -0.1) is 0 Å². The van der Waals surface area contributed by atoms with Crippen LogP contribution in [0.25, 0.3) is 0 Å². The predicted molar refractivity (Wildman–Crippen MR) is 243 cm³/mol. The van der Waals surface area contributed by atoms with Crippen LogP contribution in [0.5, 0.6) is 0 Å². The zero-order chi connectivity index (χ0) is 42.8. The van der Waals surface area contributed by atoms with Crippen LogP contribution >= 0.6 is 7.82 Å². The van der Waals surface area contributed by atoms with Crippen molar-refractivity contribution in [1.29, 1.82) is 0 Å². The Morgan fingerprint density at radius 2 is 1.00 bits per heavy atom. The normalized spacial score (nSPS) is 14.0. The van der Waals surface area contributed by atoms with E-state index >= 15 is 0 Å². The molecule has 9 nitrogen and oxygen atoms in total. The van der Waals surface area contributed by atoms with E-state index in [9.17, 15) is 19.0 Å². The predicted octanol–water partition coefficient (Wildman–Crippen LogP) is 13.5. The molecule has 0 amide bonds. The third kappa shape index (κ3) is 43.5. The van der Waals surface area contributed by atoms with Gasteiger partial charge in [-0.05, 0) is 57.8 Å². The molecule has 58 heavy (non-hydrogen) atoms. The van der Waals surface area contributed by atoms with Gasteiger partial charge < -0.3 is 18.9 Å². The van der Waals surface area contributed by atoms with Gasteiger partial charge >= 0.3 is 19.8 Å². The number of hydrogen-bond acceptors (Lipinski definition) is 7. The Bertz CT molecular complexity index is 1130. The molecule has 0 aliphatic rings. The maximum absolute atomic E-state index is 12.7. The Kier molecular flexibility index (Phi) is 39.0. The van der Waals surface area contributed by atoms with Gasteiger partial charge in [0.15, 0.2) is 6.10 Å². The summed E-state index contributed by atoms with van der Waals surface area (Å²) in [6.07, 6.45) is 47.4. The minimum atomic E-state index is -4.38. The number of unbranched alkanes of at least 4 members (excludes halogenated alkanes) is 22. The van der Waals surface area contributed by atoms with E-state index in [1.807, 2.05) is 33.3 Å². The molecule has 0 heterocycles. The number of quaternary nitrogens is 1. The molecule has 10 heteroatoms. The van der Waals surface area contributed by atoms with Crippen molar-refractivity contribution < 1.29 is 42.1 Å². The van der Waals surface area contributed by atoms with Gasteiger partial charge in [-0.25, -0.2) is 4.57 Å². The molecule has 0 spiro atoms. The highest BCUT2D eigenvalue weighted by Gasteiger charge is 2.27. The summed E-state index contributed by atoms with van der Waals surface area (Å²) in [6.45, 7) is 4.26. The first kappa shape index (κ1) is 56.0. The summed E-state index contributed by atoms with van der Waals surface area (Å²) in [5, 5.41) is 0. The second kappa shape index (κ2) is 40.4. The lowest BCUT2D eigenvalue weighted by molar-refractivity contribution is -0.870. The molecule has 0 aliphatic heterocycles. The summed E-state index contributed by atoms with van der Waals surface area (Å²) >= 11 is 0. The first-order valence-corrected chi connectivity index (χ1v) is 24.9. The quantitative estimate of drug-likeness (QED) is 0.0162. The van der Waals surface area contributed by atoms with Crippen LogP contribution in [0.2, 0.25) is 0 Å². The molecule has 0 aromatic heterocycles. The first-order valence-electron chi connectivity index (χ1n) is 23.4. The number of allylic oxidation sites excluding steroid dienone is 8. The number of ether oxygens (including phenoxy) is 2. The molecule has 0 saturated carbocycles. The molecule has 0 rings (SSSR count). The van der Waals surface area contributed by atoms with Gasteiger partial charge in [-0.2, -0.15) is 0 Å². The van der Waals surface area contributed by atoms with Gasteiger partial charge in [0.25, 0.3) is 0 Å². The Labute approximate surface area is 356 Å². The van der Waals surface area contributed by atoms with Crippen LogP contribution < -0.4 is 0 Å². The zero-order valence-electron chi connectivity index (χ0n) is 38.0. The van der Waals surface area contributed by atoms with E-state index in [2.05, 4.69) is 50.3 Å². The van der Waals surface area contributed by atoms with Crippen molar-refractivity contribution in [3.63, 3.8) is 0 Å². The first-order chi connectivity index (χ1) is 28.0. The van der Waals surface area contributed by atoms with E-state index in [-0.39, 0.29) is 32.0 Å². The zero-order valence-corrected chi connectivity index (χ0v) is 38.9. The smallest absolute Gasteiger partial charge is 0.462 e. The lowest BCUT2D eigenvalue weighted by Crippen LogP contribution is -2.37. The highest BCUT2D eigenvalue weighted by molar-refractivity contribution is 7.47. The van der Waals surface area contributed by atoms with Crippen LogP contribution in [0, 0.1) is 0 Å².